The van der Waals surface area contributed by atoms with Gasteiger partial charge in [0.1, 0.15) is 0 Å². The highest BCUT2D eigenvalue weighted by atomic mass is 19.4. The molecule has 1 N–H and O–H groups in total. The van der Waals surface area contributed by atoms with Crippen LogP contribution in [0.5, 0.6) is 0 Å². The van der Waals surface area contributed by atoms with Gasteiger partial charge in [-0.2, -0.15) is 18.3 Å². The third-order valence-corrected chi connectivity index (χ3v) is 3.78. The number of likely N-dealkylation sites (N-methyl/N-ethyl adjacent to an activating group) is 1. The van der Waals surface area contributed by atoms with Crippen molar-refractivity contribution in [3.05, 3.63) is 52.3 Å². The lowest BCUT2D eigenvalue weighted by molar-refractivity contribution is -0.137. The molecular weight excluding hydrogens is 307 g/mol. The molecule has 2 rings (SSSR count). The van der Waals surface area contributed by atoms with Gasteiger partial charge in [0, 0.05) is 24.8 Å². The van der Waals surface area contributed by atoms with Crippen molar-refractivity contribution >= 4 is 5.91 Å². The maximum Gasteiger partial charge on any atom is 0.416 e. The van der Waals surface area contributed by atoms with Gasteiger partial charge in [0.15, 0.2) is 0 Å². The largest absolute Gasteiger partial charge is 0.416 e. The van der Waals surface area contributed by atoms with E-state index in [1.807, 2.05) is 13.8 Å². The number of aromatic nitrogens is 2. The summed E-state index contributed by atoms with van der Waals surface area (Å²) in [4.78, 5) is 13.8. The Balaban J connectivity index is 2.02. The van der Waals surface area contributed by atoms with Crippen LogP contribution >= 0.6 is 0 Å². The van der Waals surface area contributed by atoms with Crippen molar-refractivity contribution in [2.45, 2.75) is 26.4 Å². The molecule has 0 unspecified atom stereocenters. The molecule has 0 aliphatic heterocycles. The van der Waals surface area contributed by atoms with Gasteiger partial charge < -0.3 is 4.90 Å². The first kappa shape index (κ1) is 17.1. The van der Waals surface area contributed by atoms with Gasteiger partial charge in [-0.3, -0.25) is 9.89 Å². The predicted octanol–water partition coefficient (Wildman–Crippen LogP) is 3.36. The minimum absolute atomic E-state index is 0.237. The first-order valence-electron chi connectivity index (χ1n) is 7.13. The Morgan fingerprint density at radius 2 is 1.83 bits per heavy atom. The highest BCUT2D eigenvalue weighted by Crippen LogP contribution is 2.29. The molecule has 0 spiro atoms. The average Bonchev–Trinajstić information content (AvgIpc) is 2.82. The fourth-order valence-corrected chi connectivity index (χ4v) is 2.35. The number of aryl methyl sites for hydroxylation is 2. The second kappa shape index (κ2) is 6.44. The lowest BCUT2D eigenvalue weighted by Crippen LogP contribution is -2.29. The number of H-pyrrole nitrogens is 1. The molecule has 0 bridgehead atoms. The molecule has 0 radical (unpaired) electrons. The Labute approximate surface area is 132 Å². The van der Waals surface area contributed by atoms with E-state index in [4.69, 9.17) is 0 Å². The third-order valence-electron chi connectivity index (χ3n) is 3.78. The normalized spacial score (nSPS) is 11.6. The number of benzene rings is 1. The van der Waals surface area contributed by atoms with E-state index >= 15 is 0 Å². The maximum atomic E-state index is 12.5. The zero-order chi connectivity index (χ0) is 17.2. The molecule has 7 heteroatoms. The van der Waals surface area contributed by atoms with Crippen LogP contribution in [-0.4, -0.2) is 34.6 Å². The average molecular weight is 325 g/mol. The molecule has 1 heterocycles. The summed E-state index contributed by atoms with van der Waals surface area (Å²) in [6.07, 6.45) is -3.76. The second-order valence-electron chi connectivity index (χ2n) is 5.46. The summed E-state index contributed by atoms with van der Waals surface area (Å²) in [5.41, 5.74) is 2.37. The number of nitrogens with zero attached hydrogens (tertiary/aromatic N) is 2. The number of carbonyl (C=O) groups excluding carboxylic acids is 1. The number of aromatic amines is 1. The number of halogens is 3. The van der Waals surface area contributed by atoms with Gasteiger partial charge in [0.05, 0.1) is 11.3 Å². The molecular formula is C16H18F3N3O. The van der Waals surface area contributed by atoms with Crippen LogP contribution in [0.1, 0.15) is 32.9 Å². The molecule has 1 aromatic heterocycles. The first-order valence-corrected chi connectivity index (χ1v) is 7.13. The van der Waals surface area contributed by atoms with Gasteiger partial charge in [-0.25, -0.2) is 0 Å². The number of hydrogen-bond donors (Lipinski definition) is 1. The molecule has 1 aromatic carbocycles. The molecule has 4 nitrogen and oxygen atoms in total. The van der Waals surface area contributed by atoms with Crippen molar-refractivity contribution in [2.75, 3.05) is 13.6 Å². The van der Waals surface area contributed by atoms with E-state index in [9.17, 15) is 18.0 Å². The molecule has 0 atom stereocenters. The molecule has 1 amide bonds. The van der Waals surface area contributed by atoms with Crippen LogP contribution in [0.4, 0.5) is 13.2 Å². The minimum Gasteiger partial charge on any atom is -0.341 e. The standard InChI is InChI=1S/C16H18F3N3O/c1-10-14(11(2)21-20-10)8-9-22(3)15(23)12-4-6-13(7-5-12)16(17,18)19/h4-7H,8-9H2,1-3H3,(H,20,21). The zero-order valence-electron chi connectivity index (χ0n) is 13.2. The summed E-state index contributed by atoms with van der Waals surface area (Å²) in [6.45, 7) is 4.25. The molecule has 0 saturated heterocycles. The summed E-state index contributed by atoms with van der Waals surface area (Å²) in [7, 11) is 1.63. The monoisotopic (exact) mass is 325 g/mol. The Hall–Kier alpha value is -2.31. The Morgan fingerprint density at radius 3 is 2.30 bits per heavy atom. The van der Waals surface area contributed by atoms with Gasteiger partial charge in [0.25, 0.3) is 5.91 Å². The van der Waals surface area contributed by atoms with Crippen molar-refractivity contribution in [1.82, 2.24) is 15.1 Å². The van der Waals surface area contributed by atoms with Gasteiger partial charge in [-0.05, 0) is 50.1 Å². The van der Waals surface area contributed by atoms with Gasteiger partial charge in [0.2, 0.25) is 0 Å². The van der Waals surface area contributed by atoms with E-state index in [-0.39, 0.29) is 11.5 Å². The molecule has 23 heavy (non-hydrogen) atoms. The number of hydrogen-bond acceptors (Lipinski definition) is 2. The number of rotatable bonds is 4. The van der Waals surface area contributed by atoms with Crippen LogP contribution in [0.15, 0.2) is 24.3 Å². The fourth-order valence-electron chi connectivity index (χ4n) is 2.35. The Bertz CT molecular complexity index is 670. The van der Waals surface area contributed by atoms with Crippen LogP contribution in [0.25, 0.3) is 0 Å². The van der Waals surface area contributed by atoms with Crippen LogP contribution < -0.4 is 0 Å². The van der Waals surface area contributed by atoms with Crippen molar-refractivity contribution in [3.8, 4) is 0 Å². The highest BCUT2D eigenvalue weighted by molar-refractivity contribution is 5.94. The van der Waals surface area contributed by atoms with Crippen LogP contribution in [0, 0.1) is 13.8 Å². The number of carbonyl (C=O) groups is 1. The predicted molar refractivity (Wildman–Crippen MR) is 80.2 cm³/mol. The van der Waals surface area contributed by atoms with Gasteiger partial charge >= 0.3 is 6.18 Å². The topological polar surface area (TPSA) is 49.0 Å². The number of nitrogens with one attached hydrogen (secondary N) is 1. The van der Waals surface area contributed by atoms with E-state index in [1.165, 1.54) is 17.0 Å². The quantitative estimate of drug-likeness (QED) is 0.937. The molecule has 0 aliphatic rings. The number of amides is 1. The minimum atomic E-state index is -4.40. The SMILES string of the molecule is Cc1n[nH]c(C)c1CCN(C)C(=O)c1ccc(C(F)(F)F)cc1. The Morgan fingerprint density at radius 1 is 1.22 bits per heavy atom. The van der Waals surface area contributed by atoms with Crippen molar-refractivity contribution in [1.29, 1.82) is 0 Å². The zero-order valence-corrected chi connectivity index (χ0v) is 13.2. The van der Waals surface area contributed by atoms with E-state index < -0.39 is 11.7 Å². The molecule has 2 aromatic rings. The summed E-state index contributed by atoms with van der Waals surface area (Å²) >= 11 is 0. The summed E-state index contributed by atoms with van der Waals surface area (Å²) < 4.78 is 37.6. The summed E-state index contributed by atoms with van der Waals surface area (Å²) in [6, 6.07) is 4.25. The van der Waals surface area contributed by atoms with Crippen molar-refractivity contribution in [3.63, 3.8) is 0 Å². The van der Waals surface area contributed by atoms with Gasteiger partial charge in [-0.1, -0.05) is 0 Å². The maximum absolute atomic E-state index is 12.5. The van der Waals surface area contributed by atoms with E-state index in [2.05, 4.69) is 10.2 Å². The van der Waals surface area contributed by atoms with Crippen molar-refractivity contribution < 1.29 is 18.0 Å². The third kappa shape index (κ3) is 3.91. The second-order valence-corrected chi connectivity index (χ2v) is 5.46. The molecule has 124 valence electrons. The molecule has 0 aliphatic carbocycles. The van der Waals surface area contributed by atoms with Gasteiger partial charge in [-0.15, -0.1) is 0 Å². The van der Waals surface area contributed by atoms with E-state index in [0.717, 1.165) is 29.1 Å². The summed E-state index contributed by atoms with van der Waals surface area (Å²) in [5.74, 6) is -0.308. The van der Waals surface area contributed by atoms with Crippen LogP contribution in [-0.2, 0) is 12.6 Å². The first-order chi connectivity index (χ1) is 10.7. The van der Waals surface area contributed by atoms with Crippen molar-refractivity contribution in [2.24, 2.45) is 0 Å². The van der Waals surface area contributed by atoms with Crippen LogP contribution in [0.3, 0.4) is 0 Å². The summed E-state index contributed by atoms with van der Waals surface area (Å²) in [5, 5.41) is 6.98. The number of alkyl halides is 3. The Kier molecular flexibility index (Phi) is 4.77. The molecule has 0 fully saturated rings. The smallest absolute Gasteiger partial charge is 0.341 e. The fraction of sp³-hybridized carbons (Fsp3) is 0.375. The molecule has 0 saturated carbocycles. The highest BCUT2D eigenvalue weighted by Gasteiger charge is 2.30. The van der Waals surface area contributed by atoms with Crippen LogP contribution in [0.2, 0.25) is 0 Å². The van der Waals surface area contributed by atoms with E-state index in [1.54, 1.807) is 7.05 Å². The lowest BCUT2D eigenvalue weighted by Gasteiger charge is -2.17. The lowest BCUT2D eigenvalue weighted by atomic mass is 10.1. The van der Waals surface area contributed by atoms with E-state index in [0.29, 0.717) is 13.0 Å².